The lowest BCUT2D eigenvalue weighted by Gasteiger charge is -2.17. The number of rotatable bonds is 13. The van der Waals surface area contributed by atoms with E-state index >= 15 is 0 Å². The SMILES string of the molecule is CCCCCCCC(=O)OC1CCC(CC(=O)OC)=C1CCCCC. The van der Waals surface area contributed by atoms with Gasteiger partial charge in [-0.1, -0.05) is 57.9 Å². The highest BCUT2D eigenvalue weighted by Gasteiger charge is 2.29. The molecule has 1 rings (SSSR count). The summed E-state index contributed by atoms with van der Waals surface area (Å²) < 4.78 is 10.6. The lowest BCUT2D eigenvalue weighted by atomic mass is 10.0. The second-order valence-corrected chi connectivity index (χ2v) is 7.02. The Labute approximate surface area is 153 Å². The monoisotopic (exact) mass is 352 g/mol. The number of carbonyl (C=O) groups excluding carboxylic acids is 2. The number of hydrogen-bond acceptors (Lipinski definition) is 4. The number of carbonyl (C=O) groups is 2. The van der Waals surface area contributed by atoms with Crippen molar-refractivity contribution in [1.29, 1.82) is 0 Å². The topological polar surface area (TPSA) is 52.6 Å². The zero-order valence-corrected chi connectivity index (χ0v) is 16.4. The third kappa shape index (κ3) is 8.55. The van der Waals surface area contributed by atoms with E-state index in [1.807, 2.05) is 0 Å². The fraction of sp³-hybridized carbons (Fsp3) is 0.810. The zero-order valence-electron chi connectivity index (χ0n) is 16.4. The molecule has 0 aromatic carbocycles. The average molecular weight is 353 g/mol. The van der Waals surface area contributed by atoms with Crippen molar-refractivity contribution in [1.82, 2.24) is 0 Å². The molecule has 0 saturated carbocycles. The van der Waals surface area contributed by atoms with E-state index in [9.17, 15) is 9.59 Å². The molecule has 0 bridgehead atoms. The van der Waals surface area contributed by atoms with E-state index in [-0.39, 0.29) is 18.0 Å². The summed E-state index contributed by atoms with van der Waals surface area (Å²) in [5, 5.41) is 0. The molecule has 4 nitrogen and oxygen atoms in total. The van der Waals surface area contributed by atoms with Crippen LogP contribution in [0.5, 0.6) is 0 Å². The summed E-state index contributed by atoms with van der Waals surface area (Å²) in [4.78, 5) is 23.8. The highest BCUT2D eigenvalue weighted by Crippen LogP contribution is 2.35. The molecule has 0 spiro atoms. The van der Waals surface area contributed by atoms with E-state index in [2.05, 4.69) is 13.8 Å². The molecular weight excluding hydrogens is 316 g/mol. The number of ether oxygens (including phenoxy) is 2. The molecule has 0 aromatic heterocycles. The lowest BCUT2D eigenvalue weighted by Crippen LogP contribution is -2.18. The normalized spacial score (nSPS) is 17.0. The summed E-state index contributed by atoms with van der Waals surface area (Å²) in [6.07, 6.45) is 12.3. The van der Waals surface area contributed by atoms with Crippen LogP contribution in [-0.4, -0.2) is 25.2 Å². The third-order valence-corrected chi connectivity index (χ3v) is 4.94. The van der Waals surface area contributed by atoms with Gasteiger partial charge in [-0.05, 0) is 37.7 Å². The molecule has 0 amide bonds. The van der Waals surface area contributed by atoms with Crippen LogP contribution in [0.25, 0.3) is 0 Å². The minimum absolute atomic E-state index is 0.0891. The van der Waals surface area contributed by atoms with E-state index in [0.29, 0.717) is 12.8 Å². The molecule has 0 radical (unpaired) electrons. The van der Waals surface area contributed by atoms with E-state index in [0.717, 1.165) is 56.9 Å². The van der Waals surface area contributed by atoms with Crippen LogP contribution in [0.1, 0.15) is 97.3 Å². The first kappa shape index (κ1) is 21.7. The predicted molar refractivity (Wildman–Crippen MR) is 100 cm³/mol. The predicted octanol–water partition coefficient (Wildman–Crippen LogP) is 5.49. The van der Waals surface area contributed by atoms with Crippen LogP contribution in [0, 0.1) is 0 Å². The largest absolute Gasteiger partial charge is 0.469 e. The van der Waals surface area contributed by atoms with Crippen molar-refractivity contribution in [3.05, 3.63) is 11.1 Å². The van der Waals surface area contributed by atoms with E-state index < -0.39 is 0 Å². The highest BCUT2D eigenvalue weighted by molar-refractivity contribution is 5.73. The van der Waals surface area contributed by atoms with Gasteiger partial charge in [0.05, 0.1) is 13.5 Å². The van der Waals surface area contributed by atoms with Gasteiger partial charge in [0.15, 0.2) is 0 Å². The van der Waals surface area contributed by atoms with Gasteiger partial charge in [0.1, 0.15) is 6.10 Å². The maximum atomic E-state index is 12.2. The summed E-state index contributed by atoms with van der Waals surface area (Å²) in [6, 6.07) is 0. The number of methoxy groups -OCH3 is 1. The van der Waals surface area contributed by atoms with Gasteiger partial charge in [-0.15, -0.1) is 0 Å². The molecule has 0 aliphatic heterocycles. The molecule has 1 unspecified atom stereocenters. The molecule has 1 atom stereocenters. The Morgan fingerprint density at radius 1 is 0.960 bits per heavy atom. The summed E-state index contributed by atoms with van der Waals surface area (Å²) in [5.41, 5.74) is 2.31. The number of unbranched alkanes of at least 4 members (excludes halogenated alkanes) is 6. The lowest BCUT2D eigenvalue weighted by molar-refractivity contribution is -0.147. The van der Waals surface area contributed by atoms with Crippen LogP contribution in [0.4, 0.5) is 0 Å². The van der Waals surface area contributed by atoms with Crippen molar-refractivity contribution < 1.29 is 19.1 Å². The van der Waals surface area contributed by atoms with Crippen LogP contribution < -0.4 is 0 Å². The molecule has 0 aromatic rings. The zero-order chi connectivity index (χ0) is 18.5. The smallest absolute Gasteiger partial charge is 0.309 e. The average Bonchev–Trinajstić information content (AvgIpc) is 2.96. The number of hydrogen-bond donors (Lipinski definition) is 0. The standard InChI is InChI=1S/C21H36O4/c1-4-6-8-9-11-13-20(22)25-19-15-14-17(16-21(23)24-3)18(19)12-10-7-5-2/h19H,4-16H2,1-3H3. The van der Waals surface area contributed by atoms with Crippen molar-refractivity contribution in [2.75, 3.05) is 7.11 Å². The van der Waals surface area contributed by atoms with Crippen LogP contribution in [-0.2, 0) is 19.1 Å². The second kappa shape index (κ2) is 13.0. The Bertz CT molecular complexity index is 439. The molecule has 4 heteroatoms. The van der Waals surface area contributed by atoms with Crippen LogP contribution in [0.15, 0.2) is 11.1 Å². The Morgan fingerprint density at radius 2 is 1.64 bits per heavy atom. The van der Waals surface area contributed by atoms with Gasteiger partial charge < -0.3 is 9.47 Å². The van der Waals surface area contributed by atoms with E-state index in [1.165, 1.54) is 31.9 Å². The maximum absolute atomic E-state index is 12.2. The van der Waals surface area contributed by atoms with Gasteiger partial charge in [0, 0.05) is 6.42 Å². The first-order valence-corrected chi connectivity index (χ1v) is 10.1. The molecular formula is C21H36O4. The van der Waals surface area contributed by atoms with Crippen molar-refractivity contribution in [3.63, 3.8) is 0 Å². The quantitative estimate of drug-likeness (QED) is 0.250. The third-order valence-electron chi connectivity index (χ3n) is 4.94. The van der Waals surface area contributed by atoms with Crippen LogP contribution in [0.3, 0.4) is 0 Å². The fourth-order valence-electron chi connectivity index (χ4n) is 3.44. The van der Waals surface area contributed by atoms with Gasteiger partial charge in [-0.3, -0.25) is 9.59 Å². The number of esters is 2. The summed E-state index contributed by atoms with van der Waals surface area (Å²) >= 11 is 0. The van der Waals surface area contributed by atoms with Crippen LogP contribution >= 0.6 is 0 Å². The summed E-state index contributed by atoms with van der Waals surface area (Å²) in [7, 11) is 1.42. The Hall–Kier alpha value is -1.32. The molecule has 25 heavy (non-hydrogen) atoms. The molecule has 1 aliphatic carbocycles. The molecule has 0 saturated heterocycles. The summed E-state index contributed by atoms with van der Waals surface area (Å²) in [5.74, 6) is -0.292. The fourth-order valence-corrected chi connectivity index (χ4v) is 3.44. The first-order valence-electron chi connectivity index (χ1n) is 10.1. The molecule has 0 heterocycles. The molecule has 1 aliphatic rings. The Balaban J connectivity index is 2.54. The molecule has 0 N–H and O–H groups in total. The van der Waals surface area contributed by atoms with E-state index in [4.69, 9.17) is 9.47 Å². The highest BCUT2D eigenvalue weighted by atomic mass is 16.5. The minimum atomic E-state index is -0.203. The Morgan fingerprint density at radius 3 is 2.32 bits per heavy atom. The van der Waals surface area contributed by atoms with Gasteiger partial charge >= 0.3 is 11.9 Å². The van der Waals surface area contributed by atoms with Crippen molar-refractivity contribution in [3.8, 4) is 0 Å². The Kier molecular flexibility index (Phi) is 11.3. The van der Waals surface area contributed by atoms with Crippen molar-refractivity contribution >= 4 is 11.9 Å². The van der Waals surface area contributed by atoms with Gasteiger partial charge in [-0.2, -0.15) is 0 Å². The van der Waals surface area contributed by atoms with Crippen molar-refractivity contribution in [2.45, 2.75) is 103 Å². The second-order valence-electron chi connectivity index (χ2n) is 7.02. The van der Waals surface area contributed by atoms with Crippen molar-refractivity contribution in [2.24, 2.45) is 0 Å². The van der Waals surface area contributed by atoms with Gasteiger partial charge in [0.25, 0.3) is 0 Å². The van der Waals surface area contributed by atoms with Crippen LogP contribution in [0.2, 0.25) is 0 Å². The maximum Gasteiger partial charge on any atom is 0.309 e. The molecule has 144 valence electrons. The summed E-state index contributed by atoms with van der Waals surface area (Å²) in [6.45, 7) is 4.36. The minimum Gasteiger partial charge on any atom is -0.469 e. The molecule has 0 fully saturated rings. The van der Waals surface area contributed by atoms with Gasteiger partial charge in [0.2, 0.25) is 0 Å². The van der Waals surface area contributed by atoms with Gasteiger partial charge in [-0.25, -0.2) is 0 Å². The first-order chi connectivity index (χ1) is 12.1. The van der Waals surface area contributed by atoms with E-state index in [1.54, 1.807) is 0 Å².